The summed E-state index contributed by atoms with van der Waals surface area (Å²) in [5, 5.41) is 10.1. The second-order valence-electron chi connectivity index (χ2n) is 8.18. The molecule has 0 aromatic heterocycles. The van der Waals surface area contributed by atoms with Crippen molar-refractivity contribution in [2.45, 2.75) is 57.7 Å². The van der Waals surface area contributed by atoms with Crippen molar-refractivity contribution in [1.29, 1.82) is 0 Å². The van der Waals surface area contributed by atoms with Crippen LogP contribution in [0, 0.1) is 6.92 Å². The van der Waals surface area contributed by atoms with Crippen LogP contribution in [0.1, 0.15) is 37.8 Å². The maximum atomic E-state index is 10.1. The first-order valence-corrected chi connectivity index (χ1v) is 9.80. The molecule has 2 fully saturated rings. The van der Waals surface area contributed by atoms with Crippen LogP contribution in [0.4, 0.5) is 0 Å². The number of morpholine rings is 1. The lowest BCUT2D eigenvalue weighted by Gasteiger charge is -2.47. The van der Waals surface area contributed by atoms with Gasteiger partial charge in [-0.1, -0.05) is 29.8 Å². The SMILES string of the molecule is Cc1ccc(CC2(CO)CN(C3CCN(C(C)C)CC3)CCO2)cc1. The van der Waals surface area contributed by atoms with Crippen LogP contribution in [0.5, 0.6) is 0 Å². The van der Waals surface area contributed by atoms with Crippen molar-refractivity contribution in [2.75, 3.05) is 39.4 Å². The van der Waals surface area contributed by atoms with E-state index < -0.39 is 5.60 Å². The Labute approximate surface area is 152 Å². The van der Waals surface area contributed by atoms with Gasteiger partial charge in [0, 0.05) is 31.6 Å². The van der Waals surface area contributed by atoms with Gasteiger partial charge in [-0.25, -0.2) is 0 Å². The second kappa shape index (κ2) is 8.17. The minimum Gasteiger partial charge on any atom is -0.393 e. The monoisotopic (exact) mass is 346 g/mol. The van der Waals surface area contributed by atoms with E-state index in [-0.39, 0.29) is 6.61 Å². The Morgan fingerprint density at radius 2 is 1.84 bits per heavy atom. The highest BCUT2D eigenvalue weighted by Crippen LogP contribution is 2.27. The summed E-state index contributed by atoms with van der Waals surface area (Å²) in [5.74, 6) is 0. The van der Waals surface area contributed by atoms with Crippen molar-refractivity contribution in [3.05, 3.63) is 35.4 Å². The standard InChI is InChI=1S/C21H34N2O2/c1-17(2)22-10-8-20(9-11-22)23-12-13-25-21(15-23,16-24)14-19-6-4-18(3)5-7-19/h4-7,17,20,24H,8-16H2,1-3H3. The number of hydrogen-bond acceptors (Lipinski definition) is 4. The molecular weight excluding hydrogens is 312 g/mol. The van der Waals surface area contributed by atoms with Crippen molar-refractivity contribution < 1.29 is 9.84 Å². The zero-order valence-corrected chi connectivity index (χ0v) is 16.1. The van der Waals surface area contributed by atoms with Crippen molar-refractivity contribution in [2.24, 2.45) is 0 Å². The lowest BCUT2D eigenvalue weighted by atomic mass is 9.91. The Morgan fingerprint density at radius 1 is 1.16 bits per heavy atom. The highest BCUT2D eigenvalue weighted by Gasteiger charge is 2.39. The molecule has 2 aliphatic rings. The highest BCUT2D eigenvalue weighted by atomic mass is 16.5. The Bertz CT molecular complexity index is 537. The van der Waals surface area contributed by atoms with E-state index in [0.717, 1.165) is 26.1 Å². The molecule has 2 heterocycles. The van der Waals surface area contributed by atoms with E-state index in [0.29, 0.717) is 12.1 Å². The van der Waals surface area contributed by atoms with E-state index in [1.807, 2.05) is 0 Å². The minimum absolute atomic E-state index is 0.0855. The van der Waals surface area contributed by atoms with Crippen LogP contribution in [0.15, 0.2) is 24.3 Å². The molecule has 4 heteroatoms. The first-order valence-electron chi connectivity index (χ1n) is 9.80. The van der Waals surface area contributed by atoms with E-state index in [2.05, 4.69) is 54.8 Å². The number of aliphatic hydroxyl groups is 1. The van der Waals surface area contributed by atoms with Crippen molar-refractivity contribution in [1.82, 2.24) is 9.80 Å². The smallest absolute Gasteiger partial charge is 0.108 e. The zero-order chi connectivity index (χ0) is 17.9. The van der Waals surface area contributed by atoms with E-state index in [4.69, 9.17) is 4.74 Å². The number of aryl methyl sites for hydroxylation is 1. The molecule has 25 heavy (non-hydrogen) atoms. The summed E-state index contributed by atoms with van der Waals surface area (Å²) in [4.78, 5) is 5.15. The molecule has 0 radical (unpaired) electrons. The van der Waals surface area contributed by atoms with E-state index in [9.17, 15) is 5.11 Å². The van der Waals surface area contributed by atoms with E-state index >= 15 is 0 Å². The molecule has 1 aromatic rings. The van der Waals surface area contributed by atoms with Crippen LogP contribution in [0.3, 0.4) is 0 Å². The summed E-state index contributed by atoms with van der Waals surface area (Å²) in [6.07, 6.45) is 3.24. The van der Waals surface area contributed by atoms with Gasteiger partial charge in [0.1, 0.15) is 5.60 Å². The van der Waals surface area contributed by atoms with Crippen LogP contribution >= 0.6 is 0 Å². The van der Waals surface area contributed by atoms with Gasteiger partial charge in [-0.05, 0) is 52.3 Å². The van der Waals surface area contributed by atoms with Crippen LogP contribution in [-0.2, 0) is 11.2 Å². The Kier molecular flexibility index (Phi) is 6.16. The van der Waals surface area contributed by atoms with Crippen LogP contribution in [-0.4, -0.2) is 72.0 Å². The molecule has 0 spiro atoms. The van der Waals surface area contributed by atoms with Gasteiger partial charge in [-0.2, -0.15) is 0 Å². The van der Waals surface area contributed by atoms with Gasteiger partial charge in [0.2, 0.25) is 0 Å². The molecule has 1 N–H and O–H groups in total. The third kappa shape index (κ3) is 4.62. The first-order chi connectivity index (χ1) is 12.0. The van der Waals surface area contributed by atoms with Gasteiger partial charge in [-0.3, -0.25) is 4.90 Å². The van der Waals surface area contributed by atoms with E-state index in [1.165, 1.54) is 37.1 Å². The minimum atomic E-state index is -0.456. The number of ether oxygens (including phenoxy) is 1. The molecular formula is C21H34N2O2. The Morgan fingerprint density at radius 3 is 2.44 bits per heavy atom. The number of rotatable bonds is 5. The molecule has 1 unspecified atom stereocenters. The van der Waals surface area contributed by atoms with Gasteiger partial charge < -0.3 is 14.7 Å². The Hall–Kier alpha value is -0.940. The maximum Gasteiger partial charge on any atom is 0.108 e. The summed E-state index contributed by atoms with van der Waals surface area (Å²) >= 11 is 0. The lowest BCUT2D eigenvalue weighted by molar-refractivity contribution is -0.143. The number of aliphatic hydroxyl groups excluding tert-OH is 1. The molecule has 0 bridgehead atoms. The molecule has 140 valence electrons. The van der Waals surface area contributed by atoms with Gasteiger partial charge in [0.25, 0.3) is 0 Å². The van der Waals surface area contributed by atoms with Crippen molar-refractivity contribution in [3.8, 4) is 0 Å². The lowest BCUT2D eigenvalue weighted by Crippen LogP contribution is -2.59. The van der Waals surface area contributed by atoms with Crippen LogP contribution < -0.4 is 0 Å². The average Bonchev–Trinajstić information content (AvgIpc) is 2.64. The number of likely N-dealkylation sites (tertiary alicyclic amines) is 1. The maximum absolute atomic E-state index is 10.1. The van der Waals surface area contributed by atoms with E-state index in [1.54, 1.807) is 0 Å². The molecule has 0 saturated carbocycles. The number of piperidine rings is 1. The molecule has 1 atom stereocenters. The van der Waals surface area contributed by atoms with Crippen molar-refractivity contribution in [3.63, 3.8) is 0 Å². The number of benzene rings is 1. The molecule has 0 amide bonds. The summed E-state index contributed by atoms with van der Waals surface area (Å²) in [7, 11) is 0. The quantitative estimate of drug-likeness (QED) is 0.888. The van der Waals surface area contributed by atoms with Gasteiger partial charge in [0.15, 0.2) is 0 Å². The normalized spacial score (nSPS) is 27.1. The third-order valence-electron chi connectivity index (χ3n) is 5.96. The largest absolute Gasteiger partial charge is 0.393 e. The molecule has 2 saturated heterocycles. The van der Waals surface area contributed by atoms with Gasteiger partial charge in [0.05, 0.1) is 13.2 Å². The van der Waals surface area contributed by atoms with Crippen LogP contribution in [0.2, 0.25) is 0 Å². The fraction of sp³-hybridized carbons (Fsp3) is 0.714. The first kappa shape index (κ1) is 18.8. The zero-order valence-electron chi connectivity index (χ0n) is 16.1. The molecule has 2 aliphatic heterocycles. The number of hydrogen-bond donors (Lipinski definition) is 1. The predicted octanol–water partition coefficient (Wildman–Crippen LogP) is 2.47. The molecule has 0 aliphatic carbocycles. The average molecular weight is 347 g/mol. The fourth-order valence-electron chi connectivity index (χ4n) is 4.29. The summed E-state index contributed by atoms with van der Waals surface area (Å²) < 4.78 is 6.13. The number of nitrogens with zero attached hydrogens (tertiary/aromatic N) is 2. The molecule has 3 rings (SSSR count). The molecule has 4 nitrogen and oxygen atoms in total. The second-order valence-corrected chi connectivity index (χ2v) is 8.18. The Balaban J connectivity index is 1.63. The summed E-state index contributed by atoms with van der Waals surface area (Å²) in [6.45, 7) is 11.7. The predicted molar refractivity (Wildman–Crippen MR) is 102 cm³/mol. The highest BCUT2D eigenvalue weighted by molar-refractivity contribution is 5.23. The van der Waals surface area contributed by atoms with Gasteiger partial charge in [-0.15, -0.1) is 0 Å². The van der Waals surface area contributed by atoms with Crippen molar-refractivity contribution >= 4 is 0 Å². The summed E-state index contributed by atoms with van der Waals surface area (Å²) in [6, 6.07) is 9.88. The van der Waals surface area contributed by atoms with Gasteiger partial charge >= 0.3 is 0 Å². The topological polar surface area (TPSA) is 35.9 Å². The van der Waals surface area contributed by atoms with Crippen LogP contribution in [0.25, 0.3) is 0 Å². The summed E-state index contributed by atoms with van der Waals surface area (Å²) in [5.41, 5.74) is 2.06. The third-order valence-corrected chi connectivity index (χ3v) is 5.96. The molecule has 1 aromatic carbocycles. The fourth-order valence-corrected chi connectivity index (χ4v) is 4.29.